The van der Waals surface area contributed by atoms with Gasteiger partial charge in [-0.05, 0) is 32.1 Å². The van der Waals surface area contributed by atoms with Gasteiger partial charge in [0.25, 0.3) is 0 Å². The van der Waals surface area contributed by atoms with Gasteiger partial charge in [-0.15, -0.1) is 0 Å². The van der Waals surface area contributed by atoms with E-state index in [0.29, 0.717) is 12.8 Å². The fraction of sp³-hybridized carbons (Fsp3) is 0.846. The van der Waals surface area contributed by atoms with Crippen molar-refractivity contribution in [3.05, 3.63) is 0 Å². The van der Waals surface area contributed by atoms with E-state index in [1.54, 1.807) is 0 Å². The number of carbonyl (C=O) groups excluding carboxylic acids is 1. The minimum atomic E-state index is -0.756. The zero-order valence-corrected chi connectivity index (χ0v) is 10.7. The highest BCUT2D eigenvalue weighted by Crippen LogP contribution is 2.31. The van der Waals surface area contributed by atoms with Crippen LogP contribution in [0.15, 0.2) is 0 Å². The van der Waals surface area contributed by atoms with Gasteiger partial charge in [0.05, 0.1) is 5.92 Å². The summed E-state index contributed by atoms with van der Waals surface area (Å²) >= 11 is 0. The van der Waals surface area contributed by atoms with Gasteiger partial charge in [0, 0.05) is 25.0 Å². The Hall–Kier alpha value is -1.10. The molecule has 0 aromatic carbocycles. The van der Waals surface area contributed by atoms with E-state index in [0.717, 1.165) is 38.8 Å². The van der Waals surface area contributed by atoms with E-state index in [1.165, 1.54) is 0 Å². The first-order valence-electron chi connectivity index (χ1n) is 6.85. The number of carbonyl (C=O) groups is 2. The molecule has 102 valence electrons. The van der Waals surface area contributed by atoms with Crippen molar-refractivity contribution < 1.29 is 14.7 Å². The van der Waals surface area contributed by atoms with Crippen molar-refractivity contribution in [3.8, 4) is 0 Å². The maximum atomic E-state index is 12.3. The number of amides is 1. The lowest BCUT2D eigenvalue weighted by atomic mass is 9.80. The lowest BCUT2D eigenvalue weighted by Crippen LogP contribution is -2.46. The number of nitrogens with zero attached hydrogens (tertiary/aromatic N) is 1. The third kappa shape index (κ3) is 3.02. The Morgan fingerprint density at radius 1 is 1.06 bits per heavy atom. The van der Waals surface area contributed by atoms with Crippen molar-refractivity contribution in [2.75, 3.05) is 13.1 Å². The maximum absolute atomic E-state index is 12.3. The predicted octanol–water partition coefficient (Wildman–Crippen LogP) is 0.827. The molecule has 0 bridgehead atoms. The highest BCUT2D eigenvalue weighted by molar-refractivity contribution is 5.80. The SMILES string of the molecule is NC1CCN(C(=O)C2CCCC(C(=O)O)C2)CC1. The van der Waals surface area contributed by atoms with Gasteiger partial charge >= 0.3 is 5.97 Å². The second-order valence-corrected chi connectivity index (χ2v) is 5.56. The Balaban J connectivity index is 1.90. The molecule has 2 rings (SSSR count). The van der Waals surface area contributed by atoms with Crippen LogP contribution in [0.1, 0.15) is 38.5 Å². The second-order valence-electron chi connectivity index (χ2n) is 5.56. The lowest BCUT2D eigenvalue weighted by Gasteiger charge is -2.35. The third-order valence-corrected chi connectivity index (χ3v) is 4.22. The Morgan fingerprint density at radius 3 is 2.28 bits per heavy atom. The first-order valence-corrected chi connectivity index (χ1v) is 6.85. The first kappa shape index (κ1) is 13.3. The number of carboxylic acids is 1. The van der Waals surface area contributed by atoms with E-state index in [1.807, 2.05) is 4.90 Å². The number of nitrogens with two attached hydrogens (primary N) is 1. The Kier molecular flexibility index (Phi) is 4.22. The molecule has 1 aliphatic heterocycles. The van der Waals surface area contributed by atoms with Crippen LogP contribution in [0, 0.1) is 11.8 Å². The summed E-state index contributed by atoms with van der Waals surface area (Å²) in [6.07, 6.45) is 4.63. The van der Waals surface area contributed by atoms with E-state index in [4.69, 9.17) is 10.8 Å². The van der Waals surface area contributed by atoms with Crippen LogP contribution in [0.4, 0.5) is 0 Å². The summed E-state index contributed by atoms with van der Waals surface area (Å²) in [6.45, 7) is 1.46. The fourth-order valence-corrected chi connectivity index (χ4v) is 3.02. The highest BCUT2D eigenvalue weighted by atomic mass is 16.4. The van der Waals surface area contributed by atoms with Crippen molar-refractivity contribution in [3.63, 3.8) is 0 Å². The number of aliphatic carboxylic acids is 1. The molecule has 18 heavy (non-hydrogen) atoms. The van der Waals surface area contributed by atoms with Gasteiger partial charge in [-0.1, -0.05) is 6.42 Å². The van der Waals surface area contributed by atoms with Crippen LogP contribution in [0.25, 0.3) is 0 Å². The molecule has 0 aromatic rings. The number of likely N-dealkylation sites (tertiary alicyclic amines) is 1. The molecule has 1 aliphatic carbocycles. The molecule has 5 heteroatoms. The summed E-state index contributed by atoms with van der Waals surface area (Å²) in [6, 6.07) is 0.215. The Morgan fingerprint density at radius 2 is 1.67 bits per heavy atom. The minimum Gasteiger partial charge on any atom is -0.481 e. The van der Waals surface area contributed by atoms with Gasteiger partial charge in [0.15, 0.2) is 0 Å². The van der Waals surface area contributed by atoms with Crippen molar-refractivity contribution >= 4 is 11.9 Å². The standard InChI is InChI=1S/C13H22N2O3/c14-11-4-6-15(7-5-11)12(16)9-2-1-3-10(8-9)13(17)18/h9-11H,1-8,14H2,(H,17,18). The van der Waals surface area contributed by atoms with Crippen molar-refractivity contribution in [1.29, 1.82) is 0 Å². The van der Waals surface area contributed by atoms with Gasteiger partial charge in [0.2, 0.25) is 5.91 Å². The molecule has 2 unspecified atom stereocenters. The second kappa shape index (κ2) is 5.69. The number of hydrogen-bond donors (Lipinski definition) is 2. The molecule has 1 heterocycles. The van der Waals surface area contributed by atoms with Gasteiger partial charge in [-0.2, -0.15) is 0 Å². The summed E-state index contributed by atoms with van der Waals surface area (Å²) in [7, 11) is 0. The topological polar surface area (TPSA) is 83.6 Å². The molecule has 5 nitrogen and oxygen atoms in total. The predicted molar refractivity (Wildman–Crippen MR) is 66.9 cm³/mol. The molecule has 0 aromatic heterocycles. The normalized spacial score (nSPS) is 30.2. The summed E-state index contributed by atoms with van der Waals surface area (Å²) in [5, 5.41) is 9.04. The molecule has 2 aliphatic rings. The molecule has 1 saturated heterocycles. The smallest absolute Gasteiger partial charge is 0.306 e. The maximum Gasteiger partial charge on any atom is 0.306 e. The molecule has 1 amide bonds. The third-order valence-electron chi connectivity index (χ3n) is 4.22. The first-order chi connectivity index (χ1) is 8.58. The summed E-state index contributed by atoms with van der Waals surface area (Å²) in [5.74, 6) is -1.03. The average molecular weight is 254 g/mol. The van der Waals surface area contributed by atoms with E-state index in [9.17, 15) is 9.59 Å². The van der Waals surface area contributed by atoms with Crippen molar-refractivity contribution in [1.82, 2.24) is 4.90 Å². The Bertz CT molecular complexity index is 324. The summed E-state index contributed by atoms with van der Waals surface area (Å²) in [4.78, 5) is 25.2. The summed E-state index contributed by atoms with van der Waals surface area (Å²) < 4.78 is 0. The van der Waals surface area contributed by atoms with Crippen molar-refractivity contribution in [2.45, 2.75) is 44.6 Å². The molecule has 3 N–H and O–H groups in total. The monoisotopic (exact) mass is 254 g/mol. The molecule has 0 radical (unpaired) electrons. The van der Waals surface area contributed by atoms with Crippen LogP contribution in [0.3, 0.4) is 0 Å². The van der Waals surface area contributed by atoms with Crippen LogP contribution >= 0.6 is 0 Å². The van der Waals surface area contributed by atoms with Crippen LogP contribution < -0.4 is 5.73 Å². The van der Waals surface area contributed by atoms with E-state index >= 15 is 0 Å². The van der Waals surface area contributed by atoms with Gasteiger partial charge in [-0.3, -0.25) is 9.59 Å². The van der Waals surface area contributed by atoms with Gasteiger partial charge in [0.1, 0.15) is 0 Å². The number of carboxylic acid groups (broad SMARTS) is 1. The fourth-order valence-electron chi connectivity index (χ4n) is 3.02. The zero-order valence-electron chi connectivity index (χ0n) is 10.7. The Labute approximate surface area is 107 Å². The highest BCUT2D eigenvalue weighted by Gasteiger charge is 2.34. The minimum absolute atomic E-state index is 0.0887. The van der Waals surface area contributed by atoms with E-state index in [2.05, 4.69) is 0 Å². The van der Waals surface area contributed by atoms with Crippen LogP contribution in [0.5, 0.6) is 0 Å². The van der Waals surface area contributed by atoms with Crippen LogP contribution in [0.2, 0.25) is 0 Å². The van der Waals surface area contributed by atoms with Crippen molar-refractivity contribution in [2.24, 2.45) is 17.6 Å². The average Bonchev–Trinajstić information content (AvgIpc) is 2.39. The zero-order chi connectivity index (χ0) is 13.1. The largest absolute Gasteiger partial charge is 0.481 e. The van der Waals surface area contributed by atoms with E-state index < -0.39 is 5.97 Å². The number of rotatable bonds is 2. The molecule has 1 saturated carbocycles. The molecule has 0 spiro atoms. The summed E-state index contributed by atoms with van der Waals surface area (Å²) in [5.41, 5.74) is 5.82. The number of hydrogen-bond acceptors (Lipinski definition) is 3. The molecular weight excluding hydrogens is 232 g/mol. The molecule has 2 fully saturated rings. The number of piperidine rings is 1. The van der Waals surface area contributed by atoms with Gasteiger partial charge in [-0.25, -0.2) is 0 Å². The van der Waals surface area contributed by atoms with Gasteiger partial charge < -0.3 is 15.7 Å². The van der Waals surface area contributed by atoms with Crippen LogP contribution in [-0.4, -0.2) is 41.0 Å². The van der Waals surface area contributed by atoms with Crippen LogP contribution in [-0.2, 0) is 9.59 Å². The van der Waals surface area contributed by atoms with E-state index in [-0.39, 0.29) is 23.8 Å². The molecular formula is C13H22N2O3. The lowest BCUT2D eigenvalue weighted by molar-refractivity contribution is -0.145. The molecule has 2 atom stereocenters. The quantitative estimate of drug-likeness (QED) is 0.764.